The van der Waals surface area contributed by atoms with E-state index in [1.807, 2.05) is 24.3 Å². The molecule has 25 heavy (non-hydrogen) atoms. The smallest absolute Gasteiger partial charge is 0.255 e. The highest BCUT2D eigenvalue weighted by Crippen LogP contribution is 2.22. The minimum atomic E-state index is -3.11. The molecule has 0 saturated carbocycles. The maximum atomic E-state index is 12.3. The normalized spacial score (nSPS) is 11.1. The van der Waals surface area contributed by atoms with Gasteiger partial charge in [0.25, 0.3) is 5.91 Å². The number of benzene rings is 2. The van der Waals surface area contributed by atoms with Crippen molar-refractivity contribution in [3.05, 3.63) is 64.1 Å². The van der Waals surface area contributed by atoms with Crippen molar-refractivity contribution >= 4 is 31.7 Å². The first-order valence-corrected chi connectivity index (χ1v) is 10.5. The molecule has 0 unspecified atom stereocenters. The molecule has 0 radical (unpaired) electrons. The Morgan fingerprint density at radius 3 is 2.52 bits per heavy atom. The van der Waals surface area contributed by atoms with Gasteiger partial charge in [0, 0.05) is 22.3 Å². The van der Waals surface area contributed by atoms with Crippen molar-refractivity contribution in [3.8, 4) is 5.75 Å². The van der Waals surface area contributed by atoms with Crippen molar-refractivity contribution in [2.24, 2.45) is 0 Å². The van der Waals surface area contributed by atoms with Crippen LogP contribution in [-0.2, 0) is 16.4 Å². The fourth-order valence-electron chi connectivity index (χ4n) is 2.11. The Morgan fingerprint density at radius 1 is 1.12 bits per heavy atom. The number of ether oxygens (including phenoxy) is 1. The largest absolute Gasteiger partial charge is 0.488 e. The quantitative estimate of drug-likeness (QED) is 0.704. The summed E-state index contributed by atoms with van der Waals surface area (Å²) < 4.78 is 29.7. The van der Waals surface area contributed by atoms with Gasteiger partial charge in [-0.2, -0.15) is 0 Å². The predicted molar refractivity (Wildman–Crippen MR) is 102 cm³/mol. The summed E-state index contributed by atoms with van der Waals surface area (Å²) in [7, 11) is -3.11. The molecular formula is C18H20BrNO4S. The second-order valence-corrected chi connectivity index (χ2v) is 8.70. The molecule has 5 nitrogen and oxygen atoms in total. The summed E-state index contributed by atoms with van der Waals surface area (Å²) in [5.41, 5.74) is 1.34. The fraction of sp³-hybridized carbons (Fsp3) is 0.278. The van der Waals surface area contributed by atoms with Gasteiger partial charge in [0.1, 0.15) is 12.4 Å². The van der Waals surface area contributed by atoms with E-state index in [9.17, 15) is 13.2 Å². The standard InChI is InChI=1S/C18H20BrNO4S/c1-2-25(22,23)12-11-20-18(21)15-8-4-6-10-17(15)24-13-14-7-3-5-9-16(14)19/h3-10H,2,11-13H2,1H3,(H,20,21). The number of sulfone groups is 1. The molecular weight excluding hydrogens is 406 g/mol. The van der Waals surface area contributed by atoms with Crippen molar-refractivity contribution in [2.45, 2.75) is 13.5 Å². The van der Waals surface area contributed by atoms with Crippen LogP contribution in [0.2, 0.25) is 0 Å². The summed E-state index contributed by atoms with van der Waals surface area (Å²) in [5.74, 6) is 0.0900. The van der Waals surface area contributed by atoms with E-state index >= 15 is 0 Å². The first-order valence-electron chi connectivity index (χ1n) is 7.87. The molecule has 0 aliphatic rings. The third-order valence-electron chi connectivity index (χ3n) is 3.61. The lowest BCUT2D eigenvalue weighted by molar-refractivity contribution is 0.0951. The number of nitrogens with one attached hydrogen (secondary N) is 1. The van der Waals surface area contributed by atoms with Gasteiger partial charge in [-0.15, -0.1) is 0 Å². The van der Waals surface area contributed by atoms with Crippen molar-refractivity contribution < 1.29 is 17.9 Å². The van der Waals surface area contributed by atoms with Crippen LogP contribution in [0.1, 0.15) is 22.8 Å². The van der Waals surface area contributed by atoms with E-state index in [2.05, 4.69) is 21.2 Å². The van der Waals surface area contributed by atoms with Gasteiger partial charge in [0.05, 0.1) is 11.3 Å². The van der Waals surface area contributed by atoms with Crippen molar-refractivity contribution in [3.63, 3.8) is 0 Å². The van der Waals surface area contributed by atoms with Gasteiger partial charge < -0.3 is 10.1 Å². The van der Waals surface area contributed by atoms with E-state index in [4.69, 9.17) is 4.74 Å². The lowest BCUT2D eigenvalue weighted by Gasteiger charge is -2.12. The average Bonchev–Trinajstić information content (AvgIpc) is 2.61. The summed E-state index contributed by atoms with van der Waals surface area (Å²) in [6.45, 7) is 1.98. The molecule has 0 aliphatic carbocycles. The van der Waals surface area contributed by atoms with E-state index in [1.165, 1.54) is 0 Å². The Hall–Kier alpha value is -1.86. The van der Waals surface area contributed by atoms with Crippen LogP contribution in [0.15, 0.2) is 53.0 Å². The monoisotopic (exact) mass is 425 g/mol. The molecule has 0 bridgehead atoms. The lowest BCUT2D eigenvalue weighted by Crippen LogP contribution is -2.29. The zero-order valence-corrected chi connectivity index (χ0v) is 16.3. The molecule has 0 aromatic heterocycles. The average molecular weight is 426 g/mol. The summed E-state index contributed by atoms with van der Waals surface area (Å²) in [6.07, 6.45) is 0. The lowest BCUT2D eigenvalue weighted by atomic mass is 10.2. The Bertz CT molecular complexity index is 836. The number of hydrogen-bond acceptors (Lipinski definition) is 4. The molecule has 134 valence electrons. The highest BCUT2D eigenvalue weighted by atomic mass is 79.9. The fourth-order valence-corrected chi connectivity index (χ4v) is 3.21. The van der Waals surface area contributed by atoms with Crippen LogP contribution in [0.4, 0.5) is 0 Å². The van der Waals surface area contributed by atoms with Crippen molar-refractivity contribution in [1.82, 2.24) is 5.32 Å². The van der Waals surface area contributed by atoms with E-state index < -0.39 is 9.84 Å². The van der Waals surface area contributed by atoms with Crippen molar-refractivity contribution in [2.75, 3.05) is 18.1 Å². The zero-order valence-electron chi connectivity index (χ0n) is 13.9. The third kappa shape index (κ3) is 5.86. The Kier molecular flexibility index (Phi) is 7.01. The van der Waals surface area contributed by atoms with E-state index in [0.29, 0.717) is 17.9 Å². The molecule has 1 amide bonds. The maximum absolute atomic E-state index is 12.3. The number of carbonyl (C=O) groups is 1. The molecule has 2 aromatic carbocycles. The number of rotatable bonds is 8. The van der Waals surface area contributed by atoms with Gasteiger partial charge in [0.2, 0.25) is 0 Å². The number of carbonyl (C=O) groups excluding carboxylic acids is 1. The van der Waals surface area contributed by atoms with Gasteiger partial charge in [-0.1, -0.05) is 53.2 Å². The molecule has 2 rings (SSSR count). The number of amides is 1. The number of hydrogen-bond donors (Lipinski definition) is 1. The third-order valence-corrected chi connectivity index (χ3v) is 6.09. The first-order chi connectivity index (χ1) is 11.9. The van der Waals surface area contributed by atoms with E-state index in [1.54, 1.807) is 31.2 Å². The minimum absolute atomic E-state index is 0.0640. The number of para-hydroxylation sites is 1. The molecule has 1 N–H and O–H groups in total. The van der Waals surface area contributed by atoms with Gasteiger partial charge in [-0.25, -0.2) is 8.42 Å². The van der Waals surface area contributed by atoms with E-state index in [-0.39, 0.29) is 24.0 Å². The molecule has 0 atom stereocenters. The van der Waals surface area contributed by atoms with E-state index in [0.717, 1.165) is 10.0 Å². The molecule has 2 aromatic rings. The maximum Gasteiger partial charge on any atom is 0.255 e. The Balaban J connectivity index is 2.02. The molecule has 7 heteroatoms. The van der Waals surface area contributed by atoms with Gasteiger partial charge in [-0.05, 0) is 18.2 Å². The number of halogens is 1. The highest BCUT2D eigenvalue weighted by molar-refractivity contribution is 9.10. The predicted octanol–water partition coefficient (Wildman–Crippen LogP) is 3.19. The zero-order chi connectivity index (χ0) is 18.3. The minimum Gasteiger partial charge on any atom is -0.488 e. The van der Waals surface area contributed by atoms with Crippen LogP contribution in [0.25, 0.3) is 0 Å². The van der Waals surface area contributed by atoms with Crippen LogP contribution in [-0.4, -0.2) is 32.4 Å². The van der Waals surface area contributed by atoms with Gasteiger partial charge in [0.15, 0.2) is 9.84 Å². The Morgan fingerprint density at radius 2 is 1.80 bits per heavy atom. The van der Waals surface area contributed by atoms with Crippen LogP contribution >= 0.6 is 15.9 Å². The van der Waals surface area contributed by atoms with Crippen LogP contribution in [0, 0.1) is 0 Å². The second kappa shape index (κ2) is 9.01. The van der Waals surface area contributed by atoms with Crippen LogP contribution in [0.3, 0.4) is 0 Å². The van der Waals surface area contributed by atoms with Crippen LogP contribution < -0.4 is 10.1 Å². The SMILES string of the molecule is CCS(=O)(=O)CCNC(=O)c1ccccc1OCc1ccccc1Br. The summed E-state index contributed by atoms with van der Waals surface area (Å²) in [6, 6.07) is 14.6. The van der Waals surface area contributed by atoms with Crippen LogP contribution in [0.5, 0.6) is 5.75 Å². The first kappa shape index (κ1) is 19.5. The summed E-state index contributed by atoms with van der Waals surface area (Å²) >= 11 is 3.46. The van der Waals surface area contributed by atoms with Crippen molar-refractivity contribution in [1.29, 1.82) is 0 Å². The summed E-state index contributed by atoms with van der Waals surface area (Å²) in [4.78, 5) is 12.3. The molecule has 0 saturated heterocycles. The Labute approximate surface area is 156 Å². The molecule has 0 fully saturated rings. The topological polar surface area (TPSA) is 72.5 Å². The molecule has 0 heterocycles. The summed E-state index contributed by atoms with van der Waals surface area (Å²) in [5, 5.41) is 2.63. The van der Waals surface area contributed by atoms with Gasteiger partial charge in [-0.3, -0.25) is 4.79 Å². The molecule has 0 spiro atoms. The highest BCUT2D eigenvalue weighted by Gasteiger charge is 2.14. The van der Waals surface area contributed by atoms with Gasteiger partial charge >= 0.3 is 0 Å². The molecule has 0 aliphatic heterocycles. The second-order valence-electron chi connectivity index (χ2n) is 5.37.